The maximum absolute atomic E-state index is 4.59. The van der Waals surface area contributed by atoms with E-state index in [0.29, 0.717) is 0 Å². The summed E-state index contributed by atoms with van der Waals surface area (Å²) in [5.74, 6) is 0.768. The molecule has 4 aromatic carbocycles. The van der Waals surface area contributed by atoms with Crippen LogP contribution in [0.25, 0.3) is 27.4 Å². The lowest BCUT2D eigenvalue weighted by molar-refractivity contribution is 0.962. The second-order valence-corrected chi connectivity index (χ2v) is 8.12. The van der Waals surface area contributed by atoms with Crippen molar-refractivity contribution in [2.75, 3.05) is 5.32 Å². The minimum Gasteiger partial charge on any atom is -0.338 e. The van der Waals surface area contributed by atoms with Gasteiger partial charge in [-0.1, -0.05) is 72.8 Å². The van der Waals surface area contributed by atoms with Crippen LogP contribution in [0.1, 0.15) is 11.3 Å². The summed E-state index contributed by atoms with van der Waals surface area (Å²) in [4.78, 5) is 0. The number of fused-ring (bicyclic) bond motifs is 2. The Balaban J connectivity index is 1.34. The standard InChI is InChI=1S/C29H22N4/c1-3-9-21(10-4-1)19-27-25-13-7-8-14-26(25)29(32-31-27)30-23-15-16-28-22(20-23)17-18-33(28)24-11-5-2-6-12-24/h1-18,20H,19H2,(H,30,32). The number of aromatic nitrogens is 3. The third-order valence-corrected chi connectivity index (χ3v) is 5.97. The summed E-state index contributed by atoms with van der Waals surface area (Å²) < 4.78 is 2.20. The van der Waals surface area contributed by atoms with Crippen molar-refractivity contribution < 1.29 is 0 Å². The highest BCUT2D eigenvalue weighted by molar-refractivity contribution is 5.95. The monoisotopic (exact) mass is 426 g/mol. The van der Waals surface area contributed by atoms with E-state index in [2.05, 4.69) is 117 Å². The van der Waals surface area contributed by atoms with Gasteiger partial charge in [0.2, 0.25) is 0 Å². The third kappa shape index (κ3) is 3.72. The molecule has 6 rings (SSSR count). The molecule has 0 bridgehead atoms. The molecular weight excluding hydrogens is 404 g/mol. The Hall–Kier alpha value is -4.44. The fourth-order valence-corrected chi connectivity index (χ4v) is 4.34. The number of nitrogens with zero attached hydrogens (tertiary/aromatic N) is 3. The molecule has 0 radical (unpaired) electrons. The normalized spacial score (nSPS) is 11.2. The molecule has 4 nitrogen and oxygen atoms in total. The van der Waals surface area contributed by atoms with Gasteiger partial charge in [0.05, 0.1) is 11.2 Å². The molecular formula is C29H22N4. The van der Waals surface area contributed by atoms with E-state index in [-0.39, 0.29) is 0 Å². The van der Waals surface area contributed by atoms with Gasteiger partial charge in [0.1, 0.15) is 0 Å². The highest BCUT2D eigenvalue weighted by Gasteiger charge is 2.11. The van der Waals surface area contributed by atoms with Crippen molar-refractivity contribution in [1.29, 1.82) is 0 Å². The van der Waals surface area contributed by atoms with E-state index in [1.807, 2.05) is 18.2 Å². The van der Waals surface area contributed by atoms with Gasteiger partial charge in [0.25, 0.3) is 0 Å². The van der Waals surface area contributed by atoms with Crippen molar-refractivity contribution in [3.8, 4) is 5.69 Å². The van der Waals surface area contributed by atoms with Gasteiger partial charge < -0.3 is 9.88 Å². The highest BCUT2D eigenvalue weighted by atomic mass is 15.2. The van der Waals surface area contributed by atoms with Crippen LogP contribution in [0.2, 0.25) is 0 Å². The molecule has 0 spiro atoms. The fourth-order valence-electron chi connectivity index (χ4n) is 4.34. The molecule has 0 saturated carbocycles. The smallest absolute Gasteiger partial charge is 0.160 e. The van der Waals surface area contributed by atoms with E-state index in [0.717, 1.165) is 40.1 Å². The molecule has 33 heavy (non-hydrogen) atoms. The zero-order valence-corrected chi connectivity index (χ0v) is 18.0. The molecule has 0 aliphatic carbocycles. The van der Waals surface area contributed by atoms with Crippen molar-refractivity contribution in [2.24, 2.45) is 0 Å². The first-order valence-corrected chi connectivity index (χ1v) is 11.1. The first kappa shape index (κ1) is 19.3. The van der Waals surface area contributed by atoms with Gasteiger partial charge in [0, 0.05) is 40.2 Å². The van der Waals surface area contributed by atoms with Crippen molar-refractivity contribution in [2.45, 2.75) is 6.42 Å². The maximum atomic E-state index is 4.59. The second-order valence-electron chi connectivity index (χ2n) is 8.12. The van der Waals surface area contributed by atoms with Gasteiger partial charge in [-0.3, -0.25) is 0 Å². The Morgan fingerprint density at radius 1 is 0.667 bits per heavy atom. The van der Waals surface area contributed by atoms with E-state index in [4.69, 9.17) is 0 Å². The Kier molecular flexibility index (Phi) is 4.81. The summed E-state index contributed by atoms with van der Waals surface area (Å²) in [5.41, 5.74) is 5.52. The number of anilines is 2. The summed E-state index contributed by atoms with van der Waals surface area (Å²) >= 11 is 0. The summed E-state index contributed by atoms with van der Waals surface area (Å²) in [5, 5.41) is 16.0. The SMILES string of the molecule is c1ccc(Cc2nnc(Nc3ccc4c(ccn4-c4ccccc4)c3)c3ccccc23)cc1. The van der Waals surface area contributed by atoms with Crippen molar-refractivity contribution in [3.05, 3.63) is 127 Å². The molecule has 6 aromatic rings. The molecule has 0 saturated heterocycles. The Morgan fingerprint density at radius 2 is 1.39 bits per heavy atom. The van der Waals surface area contributed by atoms with Gasteiger partial charge in [-0.05, 0) is 42.0 Å². The molecule has 0 aliphatic rings. The van der Waals surface area contributed by atoms with Crippen LogP contribution in [-0.2, 0) is 6.42 Å². The average Bonchev–Trinajstić information content (AvgIpc) is 3.30. The number of para-hydroxylation sites is 1. The van der Waals surface area contributed by atoms with Gasteiger partial charge >= 0.3 is 0 Å². The molecule has 158 valence electrons. The number of rotatable bonds is 5. The van der Waals surface area contributed by atoms with Crippen LogP contribution in [0, 0.1) is 0 Å². The molecule has 0 amide bonds. The van der Waals surface area contributed by atoms with Crippen LogP contribution in [0.4, 0.5) is 11.5 Å². The van der Waals surface area contributed by atoms with Crippen LogP contribution in [0.5, 0.6) is 0 Å². The predicted octanol–water partition coefficient (Wildman–Crippen LogP) is 6.91. The Labute approximate surface area is 192 Å². The number of hydrogen-bond donors (Lipinski definition) is 1. The molecule has 2 aromatic heterocycles. The minimum absolute atomic E-state index is 0.758. The fraction of sp³-hybridized carbons (Fsp3) is 0.0345. The molecule has 0 unspecified atom stereocenters. The van der Waals surface area contributed by atoms with Crippen molar-refractivity contribution >= 4 is 33.2 Å². The lowest BCUT2D eigenvalue weighted by Crippen LogP contribution is -2.02. The quantitative estimate of drug-likeness (QED) is 0.326. The van der Waals surface area contributed by atoms with E-state index in [9.17, 15) is 0 Å². The maximum Gasteiger partial charge on any atom is 0.160 e. The molecule has 1 N–H and O–H groups in total. The van der Waals surface area contributed by atoms with Gasteiger partial charge in [-0.15, -0.1) is 5.10 Å². The van der Waals surface area contributed by atoms with E-state index in [1.165, 1.54) is 16.5 Å². The van der Waals surface area contributed by atoms with Crippen molar-refractivity contribution in [3.63, 3.8) is 0 Å². The number of nitrogens with one attached hydrogen (secondary N) is 1. The van der Waals surface area contributed by atoms with Gasteiger partial charge in [0.15, 0.2) is 5.82 Å². The molecule has 0 fully saturated rings. The first-order valence-electron chi connectivity index (χ1n) is 11.1. The second kappa shape index (κ2) is 8.24. The number of benzene rings is 4. The van der Waals surface area contributed by atoms with Crippen LogP contribution < -0.4 is 5.32 Å². The predicted molar refractivity (Wildman–Crippen MR) is 135 cm³/mol. The summed E-state index contributed by atoms with van der Waals surface area (Å²) in [6.45, 7) is 0. The Morgan fingerprint density at radius 3 is 2.21 bits per heavy atom. The highest BCUT2D eigenvalue weighted by Crippen LogP contribution is 2.29. The van der Waals surface area contributed by atoms with Crippen molar-refractivity contribution in [1.82, 2.24) is 14.8 Å². The minimum atomic E-state index is 0.758. The Bertz CT molecular complexity index is 1550. The lowest BCUT2D eigenvalue weighted by Gasteiger charge is -2.12. The first-order chi connectivity index (χ1) is 16.3. The topological polar surface area (TPSA) is 42.7 Å². The zero-order chi connectivity index (χ0) is 22.0. The average molecular weight is 427 g/mol. The van der Waals surface area contributed by atoms with Crippen LogP contribution in [-0.4, -0.2) is 14.8 Å². The number of hydrogen-bond acceptors (Lipinski definition) is 3. The third-order valence-electron chi connectivity index (χ3n) is 5.97. The molecule has 4 heteroatoms. The van der Waals surface area contributed by atoms with Crippen LogP contribution in [0.15, 0.2) is 115 Å². The summed E-state index contributed by atoms with van der Waals surface area (Å²) in [6.07, 6.45) is 2.87. The van der Waals surface area contributed by atoms with E-state index in [1.54, 1.807) is 0 Å². The van der Waals surface area contributed by atoms with Crippen LogP contribution in [0.3, 0.4) is 0 Å². The summed E-state index contributed by atoms with van der Waals surface area (Å²) in [6, 6.07) is 37.6. The largest absolute Gasteiger partial charge is 0.338 e. The lowest BCUT2D eigenvalue weighted by atomic mass is 10.0. The zero-order valence-electron chi connectivity index (χ0n) is 18.0. The molecule has 0 atom stereocenters. The van der Waals surface area contributed by atoms with Gasteiger partial charge in [-0.25, -0.2) is 0 Å². The van der Waals surface area contributed by atoms with E-state index >= 15 is 0 Å². The van der Waals surface area contributed by atoms with Crippen LogP contribution >= 0.6 is 0 Å². The molecule has 2 heterocycles. The van der Waals surface area contributed by atoms with E-state index < -0.39 is 0 Å². The van der Waals surface area contributed by atoms with Gasteiger partial charge in [-0.2, -0.15) is 5.10 Å². The summed E-state index contributed by atoms with van der Waals surface area (Å²) in [7, 11) is 0. The molecule has 0 aliphatic heterocycles.